The molecule has 0 N–H and O–H groups in total. The van der Waals surface area contributed by atoms with Gasteiger partial charge in [0.25, 0.3) is 0 Å². The number of fused-ring (bicyclic) bond motifs is 1. The molecule has 1 unspecified atom stereocenters. The van der Waals surface area contributed by atoms with Crippen LogP contribution in [0.15, 0.2) is 24.3 Å². The van der Waals surface area contributed by atoms with E-state index in [1.807, 2.05) is 6.07 Å². The highest BCUT2D eigenvalue weighted by Gasteiger charge is 2.32. The van der Waals surface area contributed by atoms with Gasteiger partial charge >= 0.3 is 11.9 Å². The molecular formula is C12H12O4. The summed E-state index contributed by atoms with van der Waals surface area (Å²) in [5.74, 6) is -0.720. The van der Waals surface area contributed by atoms with E-state index >= 15 is 0 Å². The quantitative estimate of drug-likeness (QED) is 0.729. The number of cyclic esters (lactones) is 1. The Hall–Kier alpha value is -1.84. The highest BCUT2D eigenvalue weighted by atomic mass is 16.6. The van der Waals surface area contributed by atoms with Gasteiger partial charge in [-0.15, -0.1) is 0 Å². The summed E-state index contributed by atoms with van der Waals surface area (Å²) in [6.07, 6.45) is -0.418. The minimum absolute atomic E-state index is 0.0800. The summed E-state index contributed by atoms with van der Waals surface area (Å²) in [7, 11) is 0. The monoisotopic (exact) mass is 220 g/mol. The Morgan fingerprint density at radius 2 is 2.19 bits per heavy atom. The third kappa shape index (κ3) is 1.91. The fraction of sp³-hybridized carbons (Fsp3) is 0.333. The zero-order valence-corrected chi connectivity index (χ0v) is 8.93. The van der Waals surface area contributed by atoms with Crippen LogP contribution in [-0.2, 0) is 14.3 Å². The number of carbonyl (C=O) groups excluding carboxylic acids is 2. The number of esters is 2. The fourth-order valence-electron chi connectivity index (χ4n) is 1.74. The molecule has 0 spiro atoms. The first kappa shape index (κ1) is 10.7. The summed E-state index contributed by atoms with van der Waals surface area (Å²) >= 11 is 0. The van der Waals surface area contributed by atoms with Gasteiger partial charge in [-0.3, -0.25) is 4.79 Å². The van der Waals surface area contributed by atoms with Crippen molar-refractivity contribution in [3.63, 3.8) is 0 Å². The van der Waals surface area contributed by atoms with Crippen LogP contribution in [-0.4, -0.2) is 18.5 Å². The Kier molecular flexibility index (Phi) is 2.90. The van der Waals surface area contributed by atoms with Crippen LogP contribution in [0.3, 0.4) is 0 Å². The third-order valence-electron chi connectivity index (χ3n) is 2.43. The summed E-state index contributed by atoms with van der Waals surface area (Å²) < 4.78 is 9.93. The second-order valence-corrected chi connectivity index (χ2v) is 3.49. The predicted octanol–water partition coefficient (Wildman–Crippen LogP) is 1.85. The van der Waals surface area contributed by atoms with Crippen LogP contribution in [0.2, 0.25) is 0 Å². The lowest BCUT2D eigenvalue weighted by atomic mass is 10.0. The zero-order chi connectivity index (χ0) is 11.5. The molecule has 1 aromatic rings. The average Bonchev–Trinajstić information content (AvgIpc) is 2.57. The highest BCUT2D eigenvalue weighted by molar-refractivity contribution is 5.94. The number of carbonyl (C=O) groups is 2. The maximum Gasteiger partial charge on any atom is 0.339 e. The van der Waals surface area contributed by atoms with Crippen molar-refractivity contribution in [3.8, 4) is 0 Å². The number of ether oxygens (including phenoxy) is 2. The summed E-state index contributed by atoms with van der Waals surface area (Å²) in [6, 6.07) is 7.08. The van der Waals surface area contributed by atoms with Crippen molar-refractivity contribution in [2.45, 2.75) is 19.4 Å². The molecule has 0 aromatic heterocycles. The molecule has 4 heteroatoms. The van der Waals surface area contributed by atoms with E-state index in [9.17, 15) is 9.59 Å². The normalized spacial score (nSPS) is 17.8. The van der Waals surface area contributed by atoms with Gasteiger partial charge in [-0.25, -0.2) is 4.79 Å². The minimum Gasteiger partial charge on any atom is -0.466 e. The average molecular weight is 220 g/mol. The molecule has 1 aromatic carbocycles. The third-order valence-corrected chi connectivity index (χ3v) is 2.43. The Labute approximate surface area is 93.2 Å². The molecule has 0 radical (unpaired) electrons. The van der Waals surface area contributed by atoms with E-state index in [0.29, 0.717) is 12.2 Å². The van der Waals surface area contributed by atoms with Gasteiger partial charge in [0.2, 0.25) is 0 Å². The van der Waals surface area contributed by atoms with Gasteiger partial charge in [-0.2, -0.15) is 0 Å². The van der Waals surface area contributed by atoms with Crippen molar-refractivity contribution in [2.75, 3.05) is 6.61 Å². The highest BCUT2D eigenvalue weighted by Crippen LogP contribution is 2.32. The molecule has 0 fully saturated rings. The molecule has 1 aliphatic rings. The zero-order valence-electron chi connectivity index (χ0n) is 8.93. The minimum atomic E-state index is -0.497. The van der Waals surface area contributed by atoms with Crippen LogP contribution in [0.25, 0.3) is 0 Å². The fourth-order valence-corrected chi connectivity index (χ4v) is 1.74. The molecule has 1 heterocycles. The lowest BCUT2D eigenvalue weighted by Crippen LogP contribution is -2.10. The number of benzene rings is 1. The van der Waals surface area contributed by atoms with Crippen molar-refractivity contribution >= 4 is 11.9 Å². The van der Waals surface area contributed by atoms with Crippen LogP contribution in [0, 0.1) is 0 Å². The summed E-state index contributed by atoms with van der Waals surface area (Å²) in [5.41, 5.74) is 1.30. The SMILES string of the molecule is CCOC(=O)CC1OC(=O)c2ccccc21. The number of hydrogen-bond acceptors (Lipinski definition) is 4. The largest absolute Gasteiger partial charge is 0.466 e. The maximum atomic E-state index is 11.4. The molecule has 4 nitrogen and oxygen atoms in total. The van der Waals surface area contributed by atoms with Crippen LogP contribution >= 0.6 is 0 Å². The molecular weight excluding hydrogens is 208 g/mol. The molecule has 84 valence electrons. The first-order valence-corrected chi connectivity index (χ1v) is 5.18. The Balaban J connectivity index is 2.15. The summed E-state index contributed by atoms with van der Waals surface area (Å²) in [5, 5.41) is 0. The standard InChI is InChI=1S/C12H12O4/c1-2-15-11(13)7-10-8-5-3-4-6-9(8)12(14)16-10/h3-6,10H,2,7H2,1H3. The van der Waals surface area contributed by atoms with Crippen LogP contribution in [0.1, 0.15) is 35.4 Å². The van der Waals surface area contributed by atoms with E-state index in [1.165, 1.54) is 0 Å². The van der Waals surface area contributed by atoms with E-state index in [2.05, 4.69) is 0 Å². The van der Waals surface area contributed by atoms with Gasteiger partial charge in [0, 0.05) is 5.56 Å². The predicted molar refractivity (Wildman–Crippen MR) is 55.8 cm³/mol. The van der Waals surface area contributed by atoms with Gasteiger partial charge < -0.3 is 9.47 Å². The van der Waals surface area contributed by atoms with Gasteiger partial charge in [0.15, 0.2) is 0 Å². The van der Waals surface area contributed by atoms with E-state index in [0.717, 1.165) is 5.56 Å². The van der Waals surface area contributed by atoms with E-state index in [1.54, 1.807) is 25.1 Å². The Morgan fingerprint density at radius 3 is 2.94 bits per heavy atom. The molecule has 0 amide bonds. The molecule has 0 saturated heterocycles. The van der Waals surface area contributed by atoms with Crippen LogP contribution < -0.4 is 0 Å². The smallest absolute Gasteiger partial charge is 0.339 e. The molecule has 16 heavy (non-hydrogen) atoms. The molecule has 1 atom stereocenters. The van der Waals surface area contributed by atoms with Crippen LogP contribution in [0.4, 0.5) is 0 Å². The van der Waals surface area contributed by atoms with E-state index in [4.69, 9.17) is 9.47 Å². The second-order valence-electron chi connectivity index (χ2n) is 3.49. The Bertz CT molecular complexity index is 425. The molecule has 0 saturated carbocycles. The number of hydrogen-bond donors (Lipinski definition) is 0. The van der Waals surface area contributed by atoms with E-state index < -0.39 is 6.10 Å². The van der Waals surface area contributed by atoms with Crippen molar-refractivity contribution < 1.29 is 19.1 Å². The summed E-state index contributed by atoms with van der Waals surface area (Å²) in [4.78, 5) is 22.7. The lowest BCUT2D eigenvalue weighted by molar-refractivity contribution is -0.145. The van der Waals surface area contributed by atoms with Gasteiger partial charge in [-0.05, 0) is 13.0 Å². The van der Waals surface area contributed by atoms with Gasteiger partial charge in [-0.1, -0.05) is 18.2 Å². The first-order chi connectivity index (χ1) is 7.72. The second kappa shape index (κ2) is 4.35. The van der Waals surface area contributed by atoms with Gasteiger partial charge in [0.05, 0.1) is 18.6 Å². The maximum absolute atomic E-state index is 11.4. The Morgan fingerprint density at radius 1 is 1.44 bits per heavy atom. The van der Waals surface area contributed by atoms with Crippen molar-refractivity contribution in [1.29, 1.82) is 0 Å². The first-order valence-electron chi connectivity index (χ1n) is 5.18. The topological polar surface area (TPSA) is 52.6 Å². The summed E-state index contributed by atoms with van der Waals surface area (Å²) in [6.45, 7) is 2.08. The molecule has 1 aliphatic heterocycles. The molecule has 2 rings (SSSR count). The van der Waals surface area contributed by atoms with Crippen molar-refractivity contribution in [2.24, 2.45) is 0 Å². The molecule has 0 bridgehead atoms. The van der Waals surface area contributed by atoms with Crippen molar-refractivity contribution in [3.05, 3.63) is 35.4 Å². The number of rotatable bonds is 3. The lowest BCUT2D eigenvalue weighted by Gasteiger charge is -2.09. The van der Waals surface area contributed by atoms with Crippen LogP contribution in [0.5, 0.6) is 0 Å². The molecule has 0 aliphatic carbocycles. The van der Waals surface area contributed by atoms with E-state index in [-0.39, 0.29) is 18.4 Å². The van der Waals surface area contributed by atoms with Gasteiger partial charge in [0.1, 0.15) is 6.10 Å². The van der Waals surface area contributed by atoms with Crippen molar-refractivity contribution in [1.82, 2.24) is 0 Å².